The van der Waals surface area contributed by atoms with Crippen LogP contribution in [0.2, 0.25) is 10.0 Å². The summed E-state index contributed by atoms with van der Waals surface area (Å²) in [6.07, 6.45) is 1.42. The van der Waals surface area contributed by atoms with Crippen LogP contribution in [0.1, 0.15) is 23.1 Å². The van der Waals surface area contributed by atoms with Crippen LogP contribution in [-0.4, -0.2) is 47.9 Å². The van der Waals surface area contributed by atoms with Gasteiger partial charge in [0.2, 0.25) is 5.91 Å². The van der Waals surface area contributed by atoms with E-state index >= 15 is 0 Å². The molecule has 0 unspecified atom stereocenters. The number of hydrogen-bond acceptors (Lipinski definition) is 4. The average Bonchev–Trinajstić information content (AvgIpc) is 2.90. The van der Waals surface area contributed by atoms with Crippen molar-refractivity contribution in [2.24, 2.45) is 5.73 Å². The van der Waals surface area contributed by atoms with Crippen molar-refractivity contribution >= 4 is 34.8 Å². The van der Waals surface area contributed by atoms with Crippen molar-refractivity contribution in [1.82, 2.24) is 9.80 Å². The van der Waals surface area contributed by atoms with Gasteiger partial charge in [-0.05, 0) is 47.7 Å². The van der Waals surface area contributed by atoms with Crippen molar-refractivity contribution in [2.75, 3.05) is 31.5 Å². The summed E-state index contributed by atoms with van der Waals surface area (Å²) in [4.78, 5) is 17.9. The van der Waals surface area contributed by atoms with E-state index in [0.717, 1.165) is 49.4 Å². The molecule has 0 aromatic heterocycles. The summed E-state index contributed by atoms with van der Waals surface area (Å²) < 4.78 is 0. The third-order valence-corrected chi connectivity index (χ3v) is 7.09. The Bertz CT molecular complexity index is 1120. The highest BCUT2D eigenvalue weighted by Gasteiger charge is 2.24. The zero-order valence-electron chi connectivity index (χ0n) is 19.8. The number of carbonyl (C=O) groups excluding carboxylic acids is 1. The predicted octanol–water partition coefficient (Wildman–Crippen LogP) is 5.21. The number of fused-ring (bicyclic) bond motifs is 1. The Morgan fingerprint density at radius 1 is 0.914 bits per heavy atom. The second-order valence-corrected chi connectivity index (χ2v) is 9.83. The van der Waals surface area contributed by atoms with Gasteiger partial charge in [0.25, 0.3) is 0 Å². The number of nitrogens with two attached hydrogens (primary N) is 1. The molecule has 1 aliphatic heterocycles. The van der Waals surface area contributed by atoms with Gasteiger partial charge in [-0.1, -0.05) is 77.8 Å². The fourth-order valence-electron chi connectivity index (χ4n) is 4.45. The van der Waals surface area contributed by atoms with Crippen molar-refractivity contribution in [2.45, 2.75) is 32.0 Å². The lowest BCUT2D eigenvalue weighted by atomic mass is 10.0. The number of amides is 1. The van der Waals surface area contributed by atoms with Crippen LogP contribution in [0.3, 0.4) is 0 Å². The summed E-state index contributed by atoms with van der Waals surface area (Å²) in [5.74, 6) is -0.0650. The number of rotatable bonds is 5. The van der Waals surface area contributed by atoms with E-state index in [2.05, 4.69) is 46.6 Å². The summed E-state index contributed by atoms with van der Waals surface area (Å²) in [5, 5.41) is 4.52. The lowest BCUT2D eigenvalue weighted by Gasteiger charge is -2.29. The molecule has 1 atom stereocenters. The van der Waals surface area contributed by atoms with E-state index in [9.17, 15) is 4.79 Å². The topological polar surface area (TPSA) is 61.6 Å². The van der Waals surface area contributed by atoms with Crippen LogP contribution in [0.5, 0.6) is 0 Å². The maximum Gasteiger partial charge on any atom is 0.240 e. The highest BCUT2D eigenvalue weighted by atomic mass is 35.5. The van der Waals surface area contributed by atoms with Gasteiger partial charge in [-0.3, -0.25) is 9.69 Å². The Hall–Kier alpha value is -2.57. The molecule has 3 aromatic carbocycles. The Kier molecular flexibility index (Phi) is 9.05. The van der Waals surface area contributed by atoms with E-state index in [1.807, 2.05) is 29.2 Å². The van der Waals surface area contributed by atoms with Gasteiger partial charge < -0.3 is 16.0 Å². The van der Waals surface area contributed by atoms with Crippen LogP contribution in [-0.2, 0) is 24.3 Å². The van der Waals surface area contributed by atoms with Crippen molar-refractivity contribution in [3.8, 4) is 0 Å². The predicted molar refractivity (Wildman–Crippen MR) is 145 cm³/mol. The van der Waals surface area contributed by atoms with Gasteiger partial charge in [-0.15, -0.1) is 0 Å². The summed E-state index contributed by atoms with van der Waals surface area (Å²) in [6, 6.07) is 23.4. The fraction of sp³-hybridized carbons (Fsp3) is 0.321. The Morgan fingerprint density at radius 3 is 2.49 bits per heavy atom. The number of hydrogen-bond donors (Lipinski definition) is 2. The molecule has 1 amide bonds. The van der Waals surface area contributed by atoms with E-state index in [1.54, 1.807) is 12.1 Å². The number of nitrogens with one attached hydrogen (secondary N) is 1. The molecule has 35 heavy (non-hydrogen) atoms. The van der Waals surface area contributed by atoms with Gasteiger partial charge in [-0.2, -0.15) is 0 Å². The van der Waals surface area contributed by atoms with Crippen molar-refractivity contribution in [3.05, 3.63) is 99.5 Å². The van der Waals surface area contributed by atoms with Crippen LogP contribution >= 0.6 is 23.2 Å². The number of nitrogens with zero attached hydrogens (tertiary/aromatic N) is 2. The highest BCUT2D eigenvalue weighted by Crippen LogP contribution is 2.24. The molecule has 3 aromatic rings. The first-order chi connectivity index (χ1) is 17.0. The van der Waals surface area contributed by atoms with Crippen LogP contribution in [0.4, 0.5) is 5.69 Å². The standard InChI is InChI=1S/C28H32Cl2N4O/c29-24-12-11-22(17-25(24)30)18-26(31)28(35)34-16-15-33(19-21-7-2-1-3-8-21)14-6-13-32-27-10-5-4-9-23(27)20-34/h1-5,7-12,17,26,32H,6,13-16,18-20,31H2/t26-/m1/s1. The van der Waals surface area contributed by atoms with E-state index < -0.39 is 6.04 Å². The zero-order chi connectivity index (χ0) is 24.6. The first-order valence-corrected chi connectivity index (χ1v) is 12.8. The molecule has 0 aliphatic carbocycles. The molecule has 1 heterocycles. The third-order valence-electron chi connectivity index (χ3n) is 6.35. The van der Waals surface area contributed by atoms with Gasteiger partial charge in [0.1, 0.15) is 0 Å². The lowest BCUT2D eigenvalue weighted by molar-refractivity contribution is -0.133. The maximum atomic E-state index is 13.6. The molecular formula is C28H32Cl2N4O. The van der Waals surface area contributed by atoms with E-state index in [-0.39, 0.29) is 5.91 Å². The molecular weight excluding hydrogens is 479 g/mol. The smallest absolute Gasteiger partial charge is 0.240 e. The summed E-state index contributed by atoms with van der Waals surface area (Å²) in [6.45, 7) is 4.58. The van der Waals surface area contributed by atoms with Crippen LogP contribution in [0.15, 0.2) is 72.8 Å². The molecule has 0 spiro atoms. The molecule has 5 nitrogen and oxygen atoms in total. The minimum Gasteiger partial charge on any atom is -0.385 e. The fourth-order valence-corrected chi connectivity index (χ4v) is 4.77. The molecule has 0 radical (unpaired) electrons. The number of para-hydroxylation sites is 1. The van der Waals surface area contributed by atoms with Gasteiger partial charge in [-0.25, -0.2) is 0 Å². The number of halogens is 2. The number of benzene rings is 3. The summed E-state index contributed by atoms with van der Waals surface area (Å²) in [5.41, 5.74) is 10.8. The summed E-state index contributed by atoms with van der Waals surface area (Å²) in [7, 11) is 0. The van der Waals surface area contributed by atoms with Crippen LogP contribution in [0, 0.1) is 0 Å². The number of anilines is 1. The zero-order valence-corrected chi connectivity index (χ0v) is 21.3. The molecule has 7 heteroatoms. The van der Waals surface area contributed by atoms with E-state index in [1.165, 1.54) is 5.56 Å². The Morgan fingerprint density at radius 2 is 1.69 bits per heavy atom. The van der Waals surface area contributed by atoms with Gasteiger partial charge in [0, 0.05) is 45.0 Å². The van der Waals surface area contributed by atoms with Gasteiger partial charge in [0.05, 0.1) is 16.1 Å². The van der Waals surface area contributed by atoms with Crippen LogP contribution < -0.4 is 11.1 Å². The molecule has 0 fully saturated rings. The normalized spacial score (nSPS) is 16.0. The van der Waals surface area contributed by atoms with E-state index in [0.29, 0.717) is 29.6 Å². The lowest BCUT2D eigenvalue weighted by Crippen LogP contribution is -2.47. The molecule has 184 valence electrons. The summed E-state index contributed by atoms with van der Waals surface area (Å²) >= 11 is 12.2. The molecule has 4 rings (SSSR count). The second kappa shape index (κ2) is 12.4. The first-order valence-electron chi connectivity index (χ1n) is 12.1. The van der Waals surface area contributed by atoms with Crippen molar-refractivity contribution in [1.29, 1.82) is 0 Å². The minimum atomic E-state index is -0.667. The SMILES string of the molecule is N[C@H](Cc1ccc(Cl)c(Cl)c1)C(=O)N1CCN(Cc2ccccc2)CCCNc2ccccc2C1. The quantitative estimate of drug-likeness (QED) is 0.494. The largest absolute Gasteiger partial charge is 0.385 e. The maximum absolute atomic E-state index is 13.6. The van der Waals surface area contributed by atoms with Crippen molar-refractivity contribution < 1.29 is 4.79 Å². The first kappa shape index (κ1) is 25.5. The van der Waals surface area contributed by atoms with Crippen molar-refractivity contribution in [3.63, 3.8) is 0 Å². The monoisotopic (exact) mass is 510 g/mol. The third kappa shape index (κ3) is 7.21. The molecule has 1 aliphatic rings. The molecule has 0 bridgehead atoms. The molecule has 3 N–H and O–H groups in total. The molecule has 0 saturated heterocycles. The van der Waals surface area contributed by atoms with Gasteiger partial charge >= 0.3 is 0 Å². The van der Waals surface area contributed by atoms with E-state index in [4.69, 9.17) is 28.9 Å². The van der Waals surface area contributed by atoms with Crippen LogP contribution in [0.25, 0.3) is 0 Å². The van der Waals surface area contributed by atoms with Gasteiger partial charge in [0.15, 0.2) is 0 Å². The Labute approximate surface area is 217 Å². The number of carbonyl (C=O) groups is 1. The highest BCUT2D eigenvalue weighted by molar-refractivity contribution is 6.42. The molecule has 0 saturated carbocycles. The average molecular weight is 511 g/mol. The minimum absolute atomic E-state index is 0.0650. The Balaban J connectivity index is 1.52. The second-order valence-electron chi connectivity index (χ2n) is 9.02.